The molecular weight excluding hydrogens is 342 g/mol. The van der Waals surface area contributed by atoms with Crippen LogP contribution < -0.4 is 0 Å². The summed E-state index contributed by atoms with van der Waals surface area (Å²) in [7, 11) is 1.39. The number of benzene rings is 1. The van der Waals surface area contributed by atoms with Crippen molar-refractivity contribution in [2.45, 2.75) is 52.0 Å². The molecule has 0 spiro atoms. The van der Waals surface area contributed by atoms with Gasteiger partial charge in [-0.1, -0.05) is 32.9 Å². The molecular formula is C20H29N5O2. The van der Waals surface area contributed by atoms with Crippen molar-refractivity contribution in [3.8, 4) is 5.69 Å². The molecule has 7 nitrogen and oxygen atoms in total. The lowest BCUT2D eigenvalue weighted by molar-refractivity contribution is 0.0335. The number of methoxy groups -OCH3 is 1. The van der Waals surface area contributed by atoms with Gasteiger partial charge in [-0.2, -0.15) is 4.68 Å². The van der Waals surface area contributed by atoms with Crippen molar-refractivity contribution in [1.29, 1.82) is 0 Å². The Labute approximate surface area is 160 Å². The average molecular weight is 371 g/mol. The normalized spacial score (nSPS) is 22.8. The van der Waals surface area contributed by atoms with E-state index in [0.29, 0.717) is 17.2 Å². The topological polar surface area (TPSA) is 73.1 Å². The Balaban J connectivity index is 2.14. The standard InChI is InChI=1S/C20H29N5O2/c1-5-24(6-2)20(13-11-15(3)12-14-20)19-21-22-23-25(19)17-10-8-7-9-16(17)18(26)27-4/h7-10,15H,5-6,11-14H2,1-4H3. The van der Waals surface area contributed by atoms with Crippen molar-refractivity contribution >= 4 is 5.97 Å². The van der Waals surface area contributed by atoms with E-state index >= 15 is 0 Å². The van der Waals surface area contributed by atoms with E-state index in [-0.39, 0.29) is 11.5 Å². The summed E-state index contributed by atoms with van der Waals surface area (Å²) in [4.78, 5) is 14.7. The molecule has 0 saturated heterocycles. The number of nitrogens with zero attached hydrogens (tertiary/aromatic N) is 5. The predicted octanol–water partition coefficient (Wildman–Crippen LogP) is 3.20. The number of tetrazole rings is 1. The fourth-order valence-electron chi connectivity index (χ4n) is 4.33. The van der Waals surface area contributed by atoms with Crippen LogP contribution in [0.4, 0.5) is 0 Å². The summed E-state index contributed by atoms with van der Waals surface area (Å²) in [5.74, 6) is 1.14. The molecule has 1 aliphatic carbocycles. The zero-order valence-corrected chi connectivity index (χ0v) is 16.7. The predicted molar refractivity (Wildman–Crippen MR) is 103 cm³/mol. The fourth-order valence-corrected chi connectivity index (χ4v) is 4.33. The highest BCUT2D eigenvalue weighted by Crippen LogP contribution is 2.43. The van der Waals surface area contributed by atoms with Gasteiger partial charge in [0.25, 0.3) is 0 Å². The maximum Gasteiger partial charge on any atom is 0.340 e. The van der Waals surface area contributed by atoms with E-state index in [1.165, 1.54) is 7.11 Å². The van der Waals surface area contributed by atoms with E-state index in [4.69, 9.17) is 4.74 Å². The minimum Gasteiger partial charge on any atom is -0.465 e. The Hall–Kier alpha value is -2.28. The lowest BCUT2D eigenvalue weighted by Gasteiger charge is -2.46. The summed E-state index contributed by atoms with van der Waals surface area (Å²) in [5.41, 5.74) is 0.907. The lowest BCUT2D eigenvalue weighted by Crippen LogP contribution is -2.50. The molecule has 2 aromatic rings. The van der Waals surface area contributed by atoms with Crippen molar-refractivity contribution in [3.05, 3.63) is 35.7 Å². The van der Waals surface area contributed by atoms with Crippen molar-refractivity contribution in [2.75, 3.05) is 20.2 Å². The summed E-state index contributed by atoms with van der Waals surface area (Å²) < 4.78 is 6.69. The van der Waals surface area contributed by atoms with Gasteiger partial charge in [-0.05, 0) is 67.3 Å². The van der Waals surface area contributed by atoms with Gasteiger partial charge < -0.3 is 4.74 Å². The second-order valence-corrected chi connectivity index (χ2v) is 7.31. The van der Waals surface area contributed by atoms with E-state index in [1.807, 2.05) is 18.2 Å². The fraction of sp³-hybridized carbons (Fsp3) is 0.600. The number of esters is 1. The molecule has 0 N–H and O–H groups in total. The summed E-state index contributed by atoms with van der Waals surface area (Å²) in [6.45, 7) is 8.52. The van der Waals surface area contributed by atoms with Crippen molar-refractivity contribution in [3.63, 3.8) is 0 Å². The van der Waals surface area contributed by atoms with Crippen LogP contribution in [0.2, 0.25) is 0 Å². The highest BCUT2D eigenvalue weighted by molar-refractivity contribution is 5.93. The summed E-state index contributed by atoms with van der Waals surface area (Å²) in [6, 6.07) is 7.33. The summed E-state index contributed by atoms with van der Waals surface area (Å²) in [5, 5.41) is 12.7. The van der Waals surface area contributed by atoms with Crippen LogP contribution in [0.25, 0.3) is 5.69 Å². The van der Waals surface area contributed by atoms with Crippen LogP contribution in [0.5, 0.6) is 0 Å². The van der Waals surface area contributed by atoms with Crippen LogP contribution >= 0.6 is 0 Å². The van der Waals surface area contributed by atoms with Crippen LogP contribution in [0, 0.1) is 5.92 Å². The Kier molecular flexibility index (Phi) is 5.89. The minimum atomic E-state index is -0.388. The highest BCUT2D eigenvalue weighted by Gasteiger charge is 2.44. The van der Waals surface area contributed by atoms with Gasteiger partial charge in [-0.15, -0.1) is 5.10 Å². The van der Waals surface area contributed by atoms with Crippen LogP contribution in [0.1, 0.15) is 62.6 Å². The second-order valence-electron chi connectivity index (χ2n) is 7.31. The molecule has 0 amide bonds. The molecule has 1 fully saturated rings. The third-order valence-corrected chi connectivity index (χ3v) is 5.89. The molecule has 7 heteroatoms. The van der Waals surface area contributed by atoms with Gasteiger partial charge in [-0.25, -0.2) is 4.79 Å². The first kappa shape index (κ1) is 19.5. The zero-order chi connectivity index (χ0) is 19.4. The molecule has 0 radical (unpaired) electrons. The third kappa shape index (κ3) is 3.48. The Morgan fingerprint density at radius 3 is 2.56 bits per heavy atom. The van der Waals surface area contributed by atoms with Gasteiger partial charge in [0.15, 0.2) is 5.82 Å². The van der Waals surface area contributed by atoms with Gasteiger partial charge >= 0.3 is 5.97 Å². The first-order valence-corrected chi connectivity index (χ1v) is 9.79. The van der Waals surface area contributed by atoms with Crippen molar-refractivity contribution < 1.29 is 9.53 Å². The van der Waals surface area contributed by atoms with Crippen molar-refractivity contribution in [1.82, 2.24) is 25.1 Å². The number of rotatable bonds is 6. The molecule has 0 unspecified atom stereocenters. The molecule has 27 heavy (non-hydrogen) atoms. The Bertz CT molecular complexity index is 776. The van der Waals surface area contributed by atoms with Gasteiger partial charge in [0.05, 0.1) is 23.9 Å². The molecule has 1 aliphatic rings. The number of para-hydroxylation sites is 1. The molecule has 0 atom stereocenters. The maximum atomic E-state index is 12.3. The van der Waals surface area contributed by atoms with Crippen LogP contribution in [-0.4, -0.2) is 51.3 Å². The van der Waals surface area contributed by atoms with Gasteiger partial charge in [-0.3, -0.25) is 4.90 Å². The van der Waals surface area contributed by atoms with Gasteiger partial charge in [0, 0.05) is 0 Å². The van der Waals surface area contributed by atoms with Crippen LogP contribution in [-0.2, 0) is 10.3 Å². The quantitative estimate of drug-likeness (QED) is 0.726. The molecule has 0 aliphatic heterocycles. The molecule has 1 aromatic carbocycles. The summed E-state index contributed by atoms with van der Waals surface area (Å²) >= 11 is 0. The first-order chi connectivity index (χ1) is 13.1. The van der Waals surface area contributed by atoms with E-state index in [1.54, 1.807) is 10.7 Å². The smallest absolute Gasteiger partial charge is 0.340 e. The molecule has 3 rings (SSSR count). The Morgan fingerprint density at radius 2 is 1.93 bits per heavy atom. The molecule has 0 bridgehead atoms. The number of carbonyl (C=O) groups excluding carboxylic acids is 1. The van der Waals surface area contributed by atoms with E-state index < -0.39 is 0 Å². The molecule has 1 saturated carbocycles. The molecule has 146 valence electrons. The Morgan fingerprint density at radius 1 is 1.26 bits per heavy atom. The van der Waals surface area contributed by atoms with E-state index in [0.717, 1.165) is 44.6 Å². The summed E-state index contributed by atoms with van der Waals surface area (Å²) in [6.07, 6.45) is 4.30. The largest absolute Gasteiger partial charge is 0.465 e. The van der Waals surface area contributed by atoms with Gasteiger partial charge in [0.2, 0.25) is 0 Å². The highest BCUT2D eigenvalue weighted by atomic mass is 16.5. The van der Waals surface area contributed by atoms with Crippen LogP contribution in [0.15, 0.2) is 24.3 Å². The number of hydrogen-bond acceptors (Lipinski definition) is 6. The van der Waals surface area contributed by atoms with E-state index in [2.05, 4.69) is 41.2 Å². The van der Waals surface area contributed by atoms with Gasteiger partial charge in [0.1, 0.15) is 0 Å². The third-order valence-electron chi connectivity index (χ3n) is 5.89. The SMILES string of the molecule is CCN(CC)C1(c2nnnn2-c2ccccc2C(=O)OC)CCC(C)CC1. The monoisotopic (exact) mass is 371 g/mol. The molecule has 1 heterocycles. The lowest BCUT2D eigenvalue weighted by atomic mass is 9.75. The first-order valence-electron chi connectivity index (χ1n) is 9.79. The minimum absolute atomic E-state index is 0.220. The number of ether oxygens (including phenoxy) is 1. The van der Waals surface area contributed by atoms with Crippen LogP contribution in [0.3, 0.4) is 0 Å². The van der Waals surface area contributed by atoms with E-state index in [9.17, 15) is 4.79 Å². The number of aromatic nitrogens is 4. The second kappa shape index (κ2) is 8.17. The number of carbonyl (C=O) groups is 1. The number of hydrogen-bond donors (Lipinski definition) is 0. The molecule has 1 aromatic heterocycles. The maximum absolute atomic E-state index is 12.3. The average Bonchev–Trinajstić information content (AvgIpc) is 3.20. The zero-order valence-electron chi connectivity index (χ0n) is 16.7. The van der Waals surface area contributed by atoms with Crippen molar-refractivity contribution in [2.24, 2.45) is 5.92 Å².